The topological polar surface area (TPSA) is 28.2 Å². The van der Waals surface area contributed by atoms with Crippen LogP contribution in [0.25, 0.3) is 0 Å². The van der Waals surface area contributed by atoms with Gasteiger partial charge in [-0.15, -0.1) is 0 Å². The molecule has 0 radical (unpaired) electrons. The number of aromatic nitrogens is 1. The predicted molar refractivity (Wildman–Crippen MR) is 80.3 cm³/mol. The smallest absolute Gasteiger partial charge is 0.127 e. The first kappa shape index (κ1) is 14.8. The SMILES string of the molecule is CCC(CC)N(CC(C)C)c1ccnc(NC)c1. The molecular weight excluding hydrogens is 222 g/mol. The van der Waals surface area contributed by atoms with Crippen LogP contribution in [0.15, 0.2) is 18.3 Å². The fourth-order valence-electron chi connectivity index (χ4n) is 2.32. The Hall–Kier alpha value is -1.25. The van der Waals surface area contributed by atoms with E-state index in [2.05, 4.69) is 55.0 Å². The van der Waals surface area contributed by atoms with Gasteiger partial charge in [0.1, 0.15) is 5.82 Å². The number of nitrogens with zero attached hydrogens (tertiary/aromatic N) is 2. The zero-order valence-electron chi connectivity index (χ0n) is 12.4. The number of anilines is 2. The lowest BCUT2D eigenvalue weighted by atomic mass is 10.1. The second-order valence-corrected chi connectivity index (χ2v) is 5.17. The zero-order valence-corrected chi connectivity index (χ0v) is 12.4. The van der Waals surface area contributed by atoms with Crippen molar-refractivity contribution < 1.29 is 0 Å². The molecule has 0 unspecified atom stereocenters. The van der Waals surface area contributed by atoms with E-state index in [4.69, 9.17) is 0 Å². The molecule has 0 aromatic carbocycles. The minimum Gasteiger partial charge on any atom is -0.373 e. The van der Waals surface area contributed by atoms with Gasteiger partial charge in [0.05, 0.1) is 0 Å². The molecule has 1 rings (SSSR count). The Bertz CT molecular complexity index is 345. The molecule has 1 aromatic rings. The van der Waals surface area contributed by atoms with E-state index in [1.807, 2.05) is 13.2 Å². The van der Waals surface area contributed by atoms with Gasteiger partial charge >= 0.3 is 0 Å². The van der Waals surface area contributed by atoms with Crippen molar-refractivity contribution in [3.8, 4) is 0 Å². The molecule has 1 aromatic heterocycles. The molecule has 3 nitrogen and oxygen atoms in total. The third-order valence-corrected chi connectivity index (χ3v) is 3.28. The minimum atomic E-state index is 0.611. The number of hydrogen-bond acceptors (Lipinski definition) is 3. The van der Waals surface area contributed by atoms with Crippen LogP contribution < -0.4 is 10.2 Å². The van der Waals surface area contributed by atoms with E-state index in [1.165, 1.54) is 18.5 Å². The van der Waals surface area contributed by atoms with Crippen molar-refractivity contribution in [3.63, 3.8) is 0 Å². The standard InChI is InChI=1S/C15H27N3/c1-6-13(7-2)18(11-12(3)4)14-8-9-17-15(10-14)16-5/h8-10,12-13H,6-7,11H2,1-5H3,(H,16,17). The molecule has 102 valence electrons. The summed E-state index contributed by atoms with van der Waals surface area (Å²) < 4.78 is 0. The van der Waals surface area contributed by atoms with Crippen molar-refractivity contribution in [2.45, 2.75) is 46.6 Å². The molecule has 0 aliphatic carbocycles. The Kier molecular flexibility index (Phi) is 5.96. The van der Waals surface area contributed by atoms with Crippen LogP contribution in [0.2, 0.25) is 0 Å². The van der Waals surface area contributed by atoms with Crippen LogP contribution in [0.1, 0.15) is 40.5 Å². The van der Waals surface area contributed by atoms with E-state index < -0.39 is 0 Å². The molecule has 0 saturated heterocycles. The summed E-state index contributed by atoms with van der Waals surface area (Å²) in [4.78, 5) is 6.81. The van der Waals surface area contributed by atoms with Gasteiger partial charge in [0.2, 0.25) is 0 Å². The van der Waals surface area contributed by atoms with Gasteiger partial charge in [-0.25, -0.2) is 4.98 Å². The van der Waals surface area contributed by atoms with Crippen LogP contribution in [0.4, 0.5) is 11.5 Å². The zero-order chi connectivity index (χ0) is 13.5. The predicted octanol–water partition coefficient (Wildman–Crippen LogP) is 3.77. The second kappa shape index (κ2) is 7.24. The van der Waals surface area contributed by atoms with E-state index in [9.17, 15) is 0 Å². The summed E-state index contributed by atoms with van der Waals surface area (Å²) in [6, 6.07) is 4.86. The molecule has 1 N–H and O–H groups in total. The summed E-state index contributed by atoms with van der Waals surface area (Å²) in [5.74, 6) is 1.60. The summed E-state index contributed by atoms with van der Waals surface area (Å²) >= 11 is 0. The molecule has 18 heavy (non-hydrogen) atoms. The molecule has 0 saturated carbocycles. The highest BCUT2D eigenvalue weighted by Crippen LogP contribution is 2.23. The Morgan fingerprint density at radius 3 is 2.44 bits per heavy atom. The van der Waals surface area contributed by atoms with Crippen LogP contribution in [0, 0.1) is 5.92 Å². The maximum atomic E-state index is 4.29. The Labute approximate surface area is 112 Å². The maximum Gasteiger partial charge on any atom is 0.127 e. The van der Waals surface area contributed by atoms with Gasteiger partial charge in [-0.3, -0.25) is 0 Å². The van der Waals surface area contributed by atoms with Crippen molar-refractivity contribution in [3.05, 3.63) is 18.3 Å². The molecule has 0 aliphatic rings. The Balaban J connectivity index is 2.99. The van der Waals surface area contributed by atoms with Crippen LogP contribution in [-0.4, -0.2) is 24.6 Å². The normalized spacial score (nSPS) is 11.1. The summed E-state index contributed by atoms with van der Waals surface area (Å²) in [5, 5.41) is 3.11. The average Bonchev–Trinajstić information content (AvgIpc) is 2.38. The molecule has 0 bridgehead atoms. The molecule has 0 fully saturated rings. The summed E-state index contributed by atoms with van der Waals surface area (Å²) in [5.41, 5.74) is 1.27. The number of rotatable bonds is 7. The molecule has 0 atom stereocenters. The molecular formula is C15H27N3. The molecule has 1 heterocycles. The lowest BCUT2D eigenvalue weighted by Crippen LogP contribution is -2.37. The average molecular weight is 249 g/mol. The molecule has 0 amide bonds. The van der Waals surface area contributed by atoms with Gasteiger partial charge in [0.15, 0.2) is 0 Å². The fourth-order valence-corrected chi connectivity index (χ4v) is 2.32. The molecule has 3 heteroatoms. The first-order valence-corrected chi connectivity index (χ1v) is 7.02. The number of pyridine rings is 1. The van der Waals surface area contributed by atoms with Gasteiger partial charge in [-0.05, 0) is 24.8 Å². The van der Waals surface area contributed by atoms with Crippen LogP contribution in [0.3, 0.4) is 0 Å². The first-order valence-electron chi connectivity index (χ1n) is 7.02. The Morgan fingerprint density at radius 1 is 1.28 bits per heavy atom. The van der Waals surface area contributed by atoms with Crippen LogP contribution in [-0.2, 0) is 0 Å². The Morgan fingerprint density at radius 2 is 1.94 bits per heavy atom. The van der Waals surface area contributed by atoms with Crippen molar-refractivity contribution in [1.82, 2.24) is 4.98 Å². The summed E-state index contributed by atoms with van der Waals surface area (Å²) in [6.07, 6.45) is 4.25. The van der Waals surface area contributed by atoms with E-state index >= 15 is 0 Å². The molecule has 0 aliphatic heterocycles. The third-order valence-electron chi connectivity index (χ3n) is 3.28. The first-order chi connectivity index (χ1) is 8.62. The number of nitrogens with one attached hydrogen (secondary N) is 1. The summed E-state index contributed by atoms with van der Waals surface area (Å²) in [7, 11) is 1.91. The fraction of sp³-hybridized carbons (Fsp3) is 0.667. The second-order valence-electron chi connectivity index (χ2n) is 5.17. The van der Waals surface area contributed by atoms with Gasteiger partial charge in [0.25, 0.3) is 0 Å². The van der Waals surface area contributed by atoms with Gasteiger partial charge in [0, 0.05) is 37.6 Å². The van der Waals surface area contributed by atoms with Gasteiger partial charge in [-0.1, -0.05) is 27.7 Å². The highest BCUT2D eigenvalue weighted by atomic mass is 15.2. The highest BCUT2D eigenvalue weighted by Gasteiger charge is 2.17. The van der Waals surface area contributed by atoms with E-state index in [-0.39, 0.29) is 0 Å². The van der Waals surface area contributed by atoms with Crippen molar-refractivity contribution >= 4 is 11.5 Å². The largest absolute Gasteiger partial charge is 0.373 e. The van der Waals surface area contributed by atoms with Crippen LogP contribution >= 0.6 is 0 Å². The maximum absolute atomic E-state index is 4.29. The summed E-state index contributed by atoms with van der Waals surface area (Å²) in [6.45, 7) is 10.2. The lowest BCUT2D eigenvalue weighted by Gasteiger charge is -2.34. The minimum absolute atomic E-state index is 0.611. The van der Waals surface area contributed by atoms with Crippen LogP contribution in [0.5, 0.6) is 0 Å². The van der Waals surface area contributed by atoms with Gasteiger partial charge < -0.3 is 10.2 Å². The van der Waals surface area contributed by atoms with E-state index in [0.717, 1.165) is 12.4 Å². The molecule has 0 spiro atoms. The van der Waals surface area contributed by atoms with Crippen molar-refractivity contribution in [2.24, 2.45) is 5.92 Å². The third kappa shape index (κ3) is 3.90. The van der Waals surface area contributed by atoms with E-state index in [0.29, 0.717) is 12.0 Å². The lowest BCUT2D eigenvalue weighted by molar-refractivity contribution is 0.507. The number of hydrogen-bond donors (Lipinski definition) is 1. The quantitative estimate of drug-likeness (QED) is 0.797. The van der Waals surface area contributed by atoms with Gasteiger partial charge in [-0.2, -0.15) is 0 Å². The highest BCUT2D eigenvalue weighted by molar-refractivity contribution is 5.54. The van der Waals surface area contributed by atoms with Crippen molar-refractivity contribution in [1.29, 1.82) is 0 Å². The van der Waals surface area contributed by atoms with E-state index in [1.54, 1.807) is 0 Å². The monoisotopic (exact) mass is 249 g/mol. The van der Waals surface area contributed by atoms with Crippen molar-refractivity contribution in [2.75, 3.05) is 23.8 Å².